The van der Waals surface area contributed by atoms with Gasteiger partial charge in [-0.25, -0.2) is 0 Å². The van der Waals surface area contributed by atoms with Gasteiger partial charge in [0.25, 0.3) is 0 Å². The van der Waals surface area contributed by atoms with Crippen molar-refractivity contribution < 1.29 is 4.79 Å². The van der Waals surface area contributed by atoms with E-state index in [1.807, 2.05) is 0 Å². The van der Waals surface area contributed by atoms with Crippen molar-refractivity contribution in [1.82, 2.24) is 10.2 Å². The quantitative estimate of drug-likeness (QED) is 0.665. The monoisotopic (exact) mass is 316 g/mol. The summed E-state index contributed by atoms with van der Waals surface area (Å²) in [6.45, 7) is 4.52. The van der Waals surface area contributed by atoms with E-state index in [-0.39, 0.29) is 11.6 Å². The van der Waals surface area contributed by atoms with E-state index in [0.717, 1.165) is 18.9 Å². The average molecular weight is 316 g/mol. The molecule has 126 valence electrons. The summed E-state index contributed by atoms with van der Waals surface area (Å²) in [6, 6.07) is 0. The van der Waals surface area contributed by atoms with Gasteiger partial charge in [0.15, 0.2) is 5.66 Å². The number of nitrogens with zero attached hydrogens (tertiary/aromatic N) is 3. The third kappa shape index (κ3) is 5.31. The molecule has 2 fully saturated rings. The predicted octanol–water partition coefficient (Wildman–Crippen LogP) is 2.58. The van der Waals surface area contributed by atoms with Crippen molar-refractivity contribution >= 4 is 5.91 Å². The van der Waals surface area contributed by atoms with Crippen molar-refractivity contribution in [3.8, 4) is 12.3 Å². The zero-order valence-corrected chi connectivity index (χ0v) is 14.0. The summed E-state index contributed by atoms with van der Waals surface area (Å²) in [6.07, 6.45) is 13.2. The van der Waals surface area contributed by atoms with Crippen molar-refractivity contribution in [2.24, 2.45) is 22.1 Å². The van der Waals surface area contributed by atoms with E-state index in [1.54, 1.807) is 0 Å². The van der Waals surface area contributed by atoms with Gasteiger partial charge < -0.3 is 10.2 Å². The molecule has 1 saturated carbocycles. The Morgan fingerprint density at radius 1 is 1.17 bits per heavy atom. The molecule has 1 amide bonds. The van der Waals surface area contributed by atoms with Crippen molar-refractivity contribution in [2.75, 3.05) is 26.2 Å². The molecule has 0 bridgehead atoms. The third-order valence-corrected chi connectivity index (χ3v) is 5.31. The Bertz CT molecular complexity index is 478. The second-order valence-corrected chi connectivity index (χ2v) is 7.38. The molecule has 1 N–H and O–H groups in total. The highest BCUT2D eigenvalue weighted by Crippen LogP contribution is 2.37. The molecule has 3 rings (SSSR count). The van der Waals surface area contributed by atoms with Crippen LogP contribution in [0, 0.1) is 24.2 Å². The Balaban J connectivity index is 1.25. The minimum atomic E-state index is -0.335. The first-order valence-corrected chi connectivity index (χ1v) is 9.06. The molecule has 2 aliphatic heterocycles. The molecular weight excluding hydrogens is 288 g/mol. The van der Waals surface area contributed by atoms with Crippen molar-refractivity contribution in [2.45, 2.75) is 57.0 Å². The van der Waals surface area contributed by atoms with E-state index in [4.69, 9.17) is 6.42 Å². The Kier molecular flexibility index (Phi) is 5.32. The Morgan fingerprint density at radius 3 is 2.52 bits per heavy atom. The van der Waals surface area contributed by atoms with E-state index >= 15 is 0 Å². The summed E-state index contributed by atoms with van der Waals surface area (Å²) in [5.41, 5.74) is -0.335. The van der Waals surface area contributed by atoms with E-state index < -0.39 is 0 Å². The van der Waals surface area contributed by atoms with Crippen LogP contribution in [-0.4, -0.2) is 42.6 Å². The molecule has 0 spiro atoms. The fourth-order valence-electron chi connectivity index (χ4n) is 3.37. The molecule has 0 aromatic heterocycles. The Labute approximate surface area is 139 Å². The molecule has 0 atom stereocenters. The van der Waals surface area contributed by atoms with Crippen LogP contribution in [0.2, 0.25) is 0 Å². The second-order valence-electron chi connectivity index (χ2n) is 7.38. The molecule has 3 aliphatic rings. The first-order chi connectivity index (χ1) is 11.2. The lowest BCUT2D eigenvalue weighted by Gasteiger charge is -2.32. The topological polar surface area (TPSA) is 57.1 Å². The number of likely N-dealkylation sites (tertiary alicyclic amines) is 1. The van der Waals surface area contributed by atoms with E-state index in [1.165, 1.54) is 45.3 Å². The van der Waals surface area contributed by atoms with E-state index in [0.29, 0.717) is 25.2 Å². The van der Waals surface area contributed by atoms with Crippen LogP contribution >= 0.6 is 0 Å². The largest absolute Gasteiger partial charge is 0.356 e. The first-order valence-electron chi connectivity index (χ1n) is 9.06. The van der Waals surface area contributed by atoms with Crippen LogP contribution in [0.5, 0.6) is 0 Å². The normalized spacial score (nSPS) is 23.4. The molecule has 1 saturated heterocycles. The van der Waals surface area contributed by atoms with Crippen molar-refractivity contribution in [1.29, 1.82) is 0 Å². The van der Waals surface area contributed by atoms with Gasteiger partial charge in [-0.2, -0.15) is 10.2 Å². The highest BCUT2D eigenvalue weighted by molar-refractivity contribution is 5.76. The van der Waals surface area contributed by atoms with Gasteiger partial charge in [-0.15, -0.1) is 12.3 Å². The number of amides is 1. The van der Waals surface area contributed by atoms with Crippen LogP contribution < -0.4 is 5.32 Å². The zero-order valence-electron chi connectivity index (χ0n) is 14.0. The molecule has 0 aromatic carbocycles. The summed E-state index contributed by atoms with van der Waals surface area (Å²) in [5, 5.41) is 11.2. The van der Waals surface area contributed by atoms with Gasteiger partial charge in [0.2, 0.25) is 5.91 Å². The summed E-state index contributed by atoms with van der Waals surface area (Å²) < 4.78 is 0. The minimum Gasteiger partial charge on any atom is -0.356 e. The van der Waals surface area contributed by atoms with Gasteiger partial charge in [-0.3, -0.25) is 4.79 Å². The lowest BCUT2D eigenvalue weighted by Crippen LogP contribution is -2.39. The number of terminal acetylenes is 1. The number of rotatable bonds is 9. The van der Waals surface area contributed by atoms with Crippen molar-refractivity contribution in [3.05, 3.63) is 0 Å². The highest BCUT2D eigenvalue weighted by Gasteiger charge is 2.39. The first kappa shape index (κ1) is 16.4. The minimum absolute atomic E-state index is 0.128. The van der Waals surface area contributed by atoms with E-state index in [2.05, 4.69) is 26.4 Å². The van der Waals surface area contributed by atoms with Crippen LogP contribution in [0.25, 0.3) is 0 Å². The molecule has 5 heteroatoms. The average Bonchev–Trinajstić information content (AvgIpc) is 3.48. The molecule has 0 aromatic rings. The van der Waals surface area contributed by atoms with Crippen LogP contribution in [-0.2, 0) is 4.79 Å². The number of hydrogen-bond donors (Lipinski definition) is 1. The van der Waals surface area contributed by atoms with Crippen LogP contribution in [0.4, 0.5) is 0 Å². The third-order valence-electron chi connectivity index (χ3n) is 5.31. The van der Waals surface area contributed by atoms with E-state index in [9.17, 15) is 4.79 Å². The molecule has 23 heavy (non-hydrogen) atoms. The molecular formula is C18H28N4O. The predicted molar refractivity (Wildman–Crippen MR) is 89.8 cm³/mol. The molecule has 0 unspecified atom stereocenters. The Hall–Kier alpha value is -1.41. The summed E-state index contributed by atoms with van der Waals surface area (Å²) >= 11 is 0. The zero-order chi connectivity index (χ0) is 16.1. The Morgan fingerprint density at radius 2 is 1.91 bits per heavy atom. The number of hydrogen-bond acceptors (Lipinski definition) is 4. The molecule has 0 radical (unpaired) electrons. The van der Waals surface area contributed by atoms with Gasteiger partial charge in [-0.1, -0.05) is 0 Å². The van der Waals surface area contributed by atoms with Gasteiger partial charge in [0.05, 0.1) is 0 Å². The van der Waals surface area contributed by atoms with Crippen LogP contribution in [0.3, 0.4) is 0 Å². The van der Waals surface area contributed by atoms with Gasteiger partial charge in [-0.05, 0) is 50.6 Å². The lowest BCUT2D eigenvalue weighted by molar-refractivity contribution is -0.121. The van der Waals surface area contributed by atoms with Gasteiger partial charge in [0, 0.05) is 38.8 Å². The number of carbonyl (C=O) groups is 1. The molecule has 1 aliphatic carbocycles. The maximum atomic E-state index is 12.0. The molecule has 5 nitrogen and oxygen atoms in total. The van der Waals surface area contributed by atoms with Crippen LogP contribution in [0.15, 0.2) is 10.2 Å². The fraction of sp³-hybridized carbons (Fsp3) is 0.833. The van der Waals surface area contributed by atoms with Gasteiger partial charge >= 0.3 is 0 Å². The fourth-order valence-corrected chi connectivity index (χ4v) is 3.37. The maximum absolute atomic E-state index is 12.0. The number of carbonyl (C=O) groups excluding carboxylic acids is 1. The van der Waals surface area contributed by atoms with Crippen molar-refractivity contribution in [3.63, 3.8) is 0 Å². The SMILES string of the molecule is C#CCCC1(CCC(=O)NCC2CCN(CC3CC3)CC2)N=N1. The smallest absolute Gasteiger partial charge is 0.220 e. The standard InChI is InChI=1S/C18H28N4O/c1-2-3-9-18(20-21-18)10-6-17(23)19-13-15-7-11-22(12-8-15)14-16-4-5-16/h1,15-16H,3-14H2,(H,19,23). The maximum Gasteiger partial charge on any atom is 0.220 e. The number of nitrogens with one attached hydrogen (secondary N) is 1. The van der Waals surface area contributed by atoms with Gasteiger partial charge in [0.1, 0.15) is 0 Å². The molecule has 2 heterocycles. The summed E-state index contributed by atoms with van der Waals surface area (Å²) in [7, 11) is 0. The number of piperidine rings is 1. The van der Waals surface area contributed by atoms with Crippen LogP contribution in [0.1, 0.15) is 51.4 Å². The summed E-state index contributed by atoms with van der Waals surface area (Å²) in [5.74, 6) is 4.36. The lowest BCUT2D eigenvalue weighted by atomic mass is 9.96. The second kappa shape index (κ2) is 7.44. The summed E-state index contributed by atoms with van der Waals surface area (Å²) in [4.78, 5) is 14.6. The highest BCUT2D eigenvalue weighted by atomic mass is 16.1.